The van der Waals surface area contributed by atoms with E-state index in [4.69, 9.17) is 23.2 Å². The molecule has 11 heteroatoms. The monoisotopic (exact) mass is 683 g/mol. The Morgan fingerprint density at radius 2 is 1.48 bits per heavy atom. The number of carbonyl (C=O) groups excluding carboxylic acids is 2. The third-order valence-electron chi connectivity index (χ3n) is 7.11. The lowest BCUT2D eigenvalue weighted by molar-refractivity contribution is -0.140. The summed E-state index contributed by atoms with van der Waals surface area (Å²) in [5.74, 6) is -1.53. The molecular formula is C35H36Cl2FN3O4S. The predicted molar refractivity (Wildman–Crippen MR) is 181 cm³/mol. The van der Waals surface area contributed by atoms with Gasteiger partial charge in [0.05, 0.1) is 20.6 Å². The van der Waals surface area contributed by atoms with Gasteiger partial charge in [-0.15, -0.1) is 0 Å². The number of benzene rings is 4. The van der Waals surface area contributed by atoms with E-state index < -0.39 is 45.8 Å². The smallest absolute Gasteiger partial charge is 0.264 e. The van der Waals surface area contributed by atoms with Gasteiger partial charge in [0.15, 0.2) is 0 Å². The Bertz CT molecular complexity index is 1780. The second kappa shape index (κ2) is 14.7. The molecule has 0 bridgehead atoms. The van der Waals surface area contributed by atoms with E-state index in [2.05, 4.69) is 5.32 Å². The van der Waals surface area contributed by atoms with Gasteiger partial charge < -0.3 is 10.2 Å². The first kappa shape index (κ1) is 34.9. The lowest BCUT2D eigenvalue weighted by atomic mass is 10.0. The van der Waals surface area contributed by atoms with Gasteiger partial charge in [0.1, 0.15) is 18.4 Å². The Balaban J connectivity index is 1.83. The van der Waals surface area contributed by atoms with Crippen LogP contribution < -0.4 is 9.62 Å². The van der Waals surface area contributed by atoms with Gasteiger partial charge in [0, 0.05) is 18.5 Å². The third-order valence-corrected chi connectivity index (χ3v) is 9.64. The average molecular weight is 685 g/mol. The molecule has 46 heavy (non-hydrogen) atoms. The SMILES string of the molecule is Cc1ccc(S(=O)(=O)N(CC(=O)N(Cc2ccc(F)cc2)[C@@H](Cc2ccccc2)C(=O)NC(C)(C)C)c2ccc(Cl)c(Cl)c2)cc1. The molecule has 0 aliphatic carbocycles. The van der Waals surface area contributed by atoms with Crippen molar-refractivity contribution in [3.63, 3.8) is 0 Å². The van der Waals surface area contributed by atoms with E-state index in [1.54, 1.807) is 12.1 Å². The molecule has 0 unspecified atom stereocenters. The van der Waals surface area contributed by atoms with Crippen LogP contribution in [0.4, 0.5) is 10.1 Å². The lowest BCUT2D eigenvalue weighted by Crippen LogP contribution is -2.56. The van der Waals surface area contributed by atoms with Gasteiger partial charge in [-0.1, -0.05) is 83.4 Å². The fourth-order valence-electron chi connectivity index (χ4n) is 4.80. The van der Waals surface area contributed by atoms with Crippen molar-refractivity contribution in [3.8, 4) is 0 Å². The van der Waals surface area contributed by atoms with Crippen molar-refractivity contribution in [1.29, 1.82) is 0 Å². The summed E-state index contributed by atoms with van der Waals surface area (Å²) in [6, 6.07) is 24.3. The highest BCUT2D eigenvalue weighted by Crippen LogP contribution is 2.31. The maximum absolute atomic E-state index is 14.5. The number of sulfonamides is 1. The van der Waals surface area contributed by atoms with Crippen molar-refractivity contribution in [2.75, 3.05) is 10.8 Å². The van der Waals surface area contributed by atoms with Crippen molar-refractivity contribution in [2.24, 2.45) is 0 Å². The number of nitrogens with zero attached hydrogens (tertiary/aromatic N) is 2. The highest BCUT2D eigenvalue weighted by molar-refractivity contribution is 7.92. The molecule has 0 aliphatic rings. The average Bonchev–Trinajstić information content (AvgIpc) is 2.99. The summed E-state index contributed by atoms with van der Waals surface area (Å²) in [4.78, 5) is 29.7. The summed E-state index contributed by atoms with van der Waals surface area (Å²) >= 11 is 12.5. The molecule has 4 aromatic rings. The van der Waals surface area contributed by atoms with Crippen molar-refractivity contribution in [1.82, 2.24) is 10.2 Å². The standard InChI is InChI=1S/C35H36Cl2FN3O4S/c1-24-10-17-29(18-11-24)46(44,45)41(28-16-19-30(36)31(37)21-28)23-33(42)40(22-26-12-14-27(38)15-13-26)32(34(43)39-35(2,3)4)20-25-8-6-5-7-9-25/h5-19,21,32H,20,22-23H2,1-4H3,(H,39,43)/t32-/m0/s1. The van der Waals surface area contributed by atoms with E-state index in [1.165, 1.54) is 59.5 Å². The molecule has 242 valence electrons. The van der Waals surface area contributed by atoms with Gasteiger partial charge >= 0.3 is 0 Å². The second-order valence-electron chi connectivity index (χ2n) is 12.0. The number of hydrogen-bond donors (Lipinski definition) is 1. The summed E-state index contributed by atoms with van der Waals surface area (Å²) in [5.41, 5.74) is 1.69. The first-order valence-electron chi connectivity index (χ1n) is 14.6. The Labute approximate surface area is 280 Å². The topological polar surface area (TPSA) is 86.8 Å². The summed E-state index contributed by atoms with van der Waals surface area (Å²) in [5, 5.41) is 3.29. The molecule has 0 aliphatic heterocycles. The Morgan fingerprint density at radius 1 is 0.848 bits per heavy atom. The zero-order valence-corrected chi connectivity index (χ0v) is 28.3. The first-order chi connectivity index (χ1) is 21.6. The zero-order chi connectivity index (χ0) is 33.6. The van der Waals surface area contributed by atoms with Crippen molar-refractivity contribution in [2.45, 2.75) is 57.1 Å². The Morgan fingerprint density at radius 3 is 2.07 bits per heavy atom. The number of anilines is 1. The van der Waals surface area contributed by atoms with Crippen LogP contribution in [0.3, 0.4) is 0 Å². The van der Waals surface area contributed by atoms with Gasteiger partial charge in [0.2, 0.25) is 11.8 Å². The summed E-state index contributed by atoms with van der Waals surface area (Å²) in [6.45, 7) is 6.57. The molecule has 0 spiro atoms. The Kier molecular flexibility index (Phi) is 11.1. The van der Waals surface area contributed by atoms with Crippen molar-refractivity contribution >= 4 is 50.7 Å². The minimum absolute atomic E-state index is 0.0339. The number of rotatable bonds is 11. The number of aryl methyl sites for hydroxylation is 1. The van der Waals surface area contributed by atoms with Crippen LogP contribution in [0.5, 0.6) is 0 Å². The molecule has 0 saturated carbocycles. The van der Waals surface area contributed by atoms with Gasteiger partial charge in [-0.25, -0.2) is 12.8 Å². The number of amides is 2. The fraction of sp³-hybridized carbons (Fsp3) is 0.257. The van der Waals surface area contributed by atoms with Gasteiger partial charge in [-0.3, -0.25) is 13.9 Å². The molecule has 0 heterocycles. The minimum Gasteiger partial charge on any atom is -0.350 e. The number of halogens is 3. The predicted octanol–water partition coefficient (Wildman–Crippen LogP) is 7.19. The number of nitrogens with one attached hydrogen (secondary N) is 1. The second-order valence-corrected chi connectivity index (χ2v) is 14.7. The summed E-state index contributed by atoms with van der Waals surface area (Å²) in [7, 11) is -4.31. The molecule has 0 fully saturated rings. The molecule has 7 nitrogen and oxygen atoms in total. The van der Waals surface area contributed by atoms with E-state index in [-0.39, 0.29) is 33.6 Å². The number of carbonyl (C=O) groups is 2. The molecule has 0 saturated heterocycles. The van der Waals surface area contributed by atoms with Crippen LogP contribution in [0.2, 0.25) is 10.0 Å². The van der Waals surface area contributed by atoms with E-state index in [0.29, 0.717) is 5.56 Å². The molecule has 1 N–H and O–H groups in total. The Hall–Kier alpha value is -3.92. The van der Waals surface area contributed by atoms with Crippen LogP contribution in [-0.4, -0.2) is 43.3 Å². The molecule has 4 aromatic carbocycles. The largest absolute Gasteiger partial charge is 0.350 e. The number of hydrogen-bond acceptors (Lipinski definition) is 4. The summed E-state index contributed by atoms with van der Waals surface area (Å²) in [6.07, 6.45) is 0.146. The minimum atomic E-state index is -4.31. The van der Waals surface area contributed by atoms with E-state index in [9.17, 15) is 22.4 Å². The van der Waals surface area contributed by atoms with Crippen molar-refractivity contribution < 1.29 is 22.4 Å². The van der Waals surface area contributed by atoms with E-state index >= 15 is 0 Å². The van der Waals surface area contributed by atoms with E-state index in [0.717, 1.165) is 15.4 Å². The van der Waals surface area contributed by atoms with Crippen LogP contribution in [0, 0.1) is 12.7 Å². The third kappa shape index (κ3) is 9.09. The quantitative estimate of drug-likeness (QED) is 0.181. The van der Waals surface area contributed by atoms with Crippen LogP contribution in [0.15, 0.2) is 102 Å². The normalized spacial score (nSPS) is 12.3. The highest BCUT2D eigenvalue weighted by Gasteiger charge is 2.35. The lowest BCUT2D eigenvalue weighted by Gasteiger charge is -2.35. The van der Waals surface area contributed by atoms with Crippen LogP contribution in [-0.2, 0) is 32.6 Å². The van der Waals surface area contributed by atoms with Crippen LogP contribution in [0.1, 0.15) is 37.5 Å². The van der Waals surface area contributed by atoms with E-state index in [1.807, 2.05) is 58.0 Å². The first-order valence-corrected chi connectivity index (χ1v) is 16.8. The van der Waals surface area contributed by atoms with Gasteiger partial charge in [0.25, 0.3) is 10.0 Å². The van der Waals surface area contributed by atoms with Gasteiger partial charge in [-0.05, 0) is 81.3 Å². The highest BCUT2D eigenvalue weighted by atomic mass is 35.5. The maximum Gasteiger partial charge on any atom is 0.264 e. The molecule has 2 amide bonds. The molecule has 4 rings (SSSR count). The summed E-state index contributed by atoms with van der Waals surface area (Å²) < 4.78 is 43.1. The van der Waals surface area contributed by atoms with Crippen LogP contribution >= 0.6 is 23.2 Å². The van der Waals surface area contributed by atoms with Crippen LogP contribution in [0.25, 0.3) is 0 Å². The zero-order valence-electron chi connectivity index (χ0n) is 26.0. The molecule has 0 radical (unpaired) electrons. The van der Waals surface area contributed by atoms with Gasteiger partial charge in [-0.2, -0.15) is 0 Å². The molecule has 1 atom stereocenters. The molecule has 0 aromatic heterocycles. The maximum atomic E-state index is 14.5. The van der Waals surface area contributed by atoms with Crippen molar-refractivity contribution in [3.05, 3.63) is 130 Å². The fourth-order valence-corrected chi connectivity index (χ4v) is 6.50. The molecular weight excluding hydrogens is 648 g/mol.